The molecule has 12 nitrogen and oxygen atoms in total. The molecule has 0 unspecified atom stereocenters. The van der Waals surface area contributed by atoms with E-state index in [1.165, 1.54) is 6.42 Å². The number of hydrogen-bond donors (Lipinski definition) is 2. The quantitative estimate of drug-likeness (QED) is 0.384. The number of carbonyl (C=O) groups excluding carboxylic acids is 3. The SMILES string of the molecule is CCCCOC(=O)N1CCN(C(=O)[C@H](CCC(=O)O)NC(=O)c2cc(N3C[C@H]4C[C@H]4C3)nc(-c3ccccc3)n2)CC1. The lowest BCUT2D eigenvalue weighted by Crippen LogP contribution is -2.56. The zero-order chi connectivity index (χ0) is 29.6. The number of aliphatic carboxylic acids is 1. The molecule has 42 heavy (non-hydrogen) atoms. The van der Waals surface area contributed by atoms with Crippen LogP contribution in [0.1, 0.15) is 49.5 Å². The van der Waals surface area contributed by atoms with E-state index in [1.54, 1.807) is 15.9 Å². The molecule has 3 aliphatic rings. The minimum absolute atomic E-state index is 0.0713. The number of aromatic nitrogens is 2. The third kappa shape index (κ3) is 7.15. The topological polar surface area (TPSA) is 145 Å². The summed E-state index contributed by atoms with van der Waals surface area (Å²) in [6.07, 6.45) is 2.16. The number of carboxylic acid groups (broad SMARTS) is 1. The van der Waals surface area contributed by atoms with Crippen molar-refractivity contribution < 1.29 is 29.0 Å². The normalized spacial score (nSPS) is 20.1. The van der Waals surface area contributed by atoms with Gasteiger partial charge >= 0.3 is 12.1 Å². The van der Waals surface area contributed by atoms with Crippen LogP contribution in [-0.4, -0.2) is 101 Å². The van der Waals surface area contributed by atoms with Crippen LogP contribution in [0.15, 0.2) is 36.4 Å². The molecular formula is C30H38N6O6. The van der Waals surface area contributed by atoms with E-state index < -0.39 is 24.0 Å². The Bertz CT molecular complexity index is 1290. The Kier molecular flexibility index (Phi) is 9.19. The number of piperidine rings is 1. The Morgan fingerprint density at radius 1 is 1.02 bits per heavy atom. The lowest BCUT2D eigenvalue weighted by atomic mass is 10.1. The van der Waals surface area contributed by atoms with Crippen molar-refractivity contribution in [2.45, 2.75) is 45.1 Å². The summed E-state index contributed by atoms with van der Waals surface area (Å²) in [7, 11) is 0. The molecule has 1 aliphatic carbocycles. The number of nitrogens with one attached hydrogen (secondary N) is 1. The van der Waals surface area contributed by atoms with Crippen LogP contribution in [0.5, 0.6) is 0 Å². The Hall–Kier alpha value is -4.22. The molecule has 0 radical (unpaired) electrons. The van der Waals surface area contributed by atoms with Crippen molar-refractivity contribution in [3.63, 3.8) is 0 Å². The van der Waals surface area contributed by atoms with Gasteiger partial charge in [0.1, 0.15) is 17.6 Å². The Balaban J connectivity index is 1.29. The van der Waals surface area contributed by atoms with Crippen molar-refractivity contribution in [3.8, 4) is 11.4 Å². The Morgan fingerprint density at radius 3 is 2.38 bits per heavy atom. The third-order valence-corrected chi connectivity index (χ3v) is 8.10. The summed E-state index contributed by atoms with van der Waals surface area (Å²) >= 11 is 0. The van der Waals surface area contributed by atoms with Gasteiger partial charge < -0.3 is 29.9 Å². The number of fused-ring (bicyclic) bond motifs is 1. The van der Waals surface area contributed by atoms with E-state index in [2.05, 4.69) is 15.2 Å². The van der Waals surface area contributed by atoms with Crippen LogP contribution in [0, 0.1) is 11.8 Å². The fourth-order valence-corrected chi connectivity index (χ4v) is 5.50. The van der Waals surface area contributed by atoms with E-state index in [0.29, 0.717) is 43.2 Å². The largest absolute Gasteiger partial charge is 0.481 e. The number of ether oxygens (including phenoxy) is 1. The van der Waals surface area contributed by atoms with Crippen molar-refractivity contribution >= 4 is 29.7 Å². The molecular weight excluding hydrogens is 540 g/mol. The second-order valence-corrected chi connectivity index (χ2v) is 11.2. The van der Waals surface area contributed by atoms with Crippen LogP contribution in [0.2, 0.25) is 0 Å². The molecule has 1 saturated carbocycles. The fourth-order valence-electron chi connectivity index (χ4n) is 5.50. The lowest BCUT2D eigenvalue weighted by Gasteiger charge is -2.36. The lowest BCUT2D eigenvalue weighted by molar-refractivity contribution is -0.138. The number of anilines is 1. The summed E-state index contributed by atoms with van der Waals surface area (Å²) in [4.78, 5) is 65.3. The summed E-state index contributed by atoms with van der Waals surface area (Å²) in [6.45, 7) is 5.24. The highest BCUT2D eigenvalue weighted by Crippen LogP contribution is 2.46. The molecule has 3 atom stereocenters. The number of unbranched alkanes of at least 4 members (excludes halogenated alkanes) is 1. The molecule has 2 aliphatic heterocycles. The van der Waals surface area contributed by atoms with E-state index in [4.69, 9.17) is 9.72 Å². The number of piperazine rings is 1. The van der Waals surface area contributed by atoms with Gasteiger partial charge in [0.25, 0.3) is 5.91 Å². The number of benzene rings is 1. The van der Waals surface area contributed by atoms with Gasteiger partial charge in [0.05, 0.1) is 6.61 Å². The van der Waals surface area contributed by atoms with E-state index in [9.17, 15) is 24.3 Å². The van der Waals surface area contributed by atoms with Crippen molar-refractivity contribution in [2.75, 3.05) is 50.8 Å². The smallest absolute Gasteiger partial charge is 0.409 e. The van der Waals surface area contributed by atoms with Gasteiger partial charge in [-0.05, 0) is 31.1 Å². The van der Waals surface area contributed by atoms with Gasteiger partial charge in [0, 0.05) is 57.3 Å². The Labute approximate surface area is 245 Å². The molecule has 12 heteroatoms. The van der Waals surface area contributed by atoms with E-state index in [-0.39, 0.29) is 37.5 Å². The summed E-state index contributed by atoms with van der Waals surface area (Å²) in [5, 5.41) is 12.1. The molecule has 0 spiro atoms. The molecule has 224 valence electrons. The fraction of sp³-hybridized carbons (Fsp3) is 0.533. The van der Waals surface area contributed by atoms with E-state index >= 15 is 0 Å². The predicted octanol–water partition coefficient (Wildman–Crippen LogP) is 2.64. The monoisotopic (exact) mass is 578 g/mol. The highest BCUT2D eigenvalue weighted by Gasteiger charge is 2.45. The molecule has 3 heterocycles. The maximum Gasteiger partial charge on any atom is 0.409 e. The van der Waals surface area contributed by atoms with E-state index in [0.717, 1.165) is 31.5 Å². The summed E-state index contributed by atoms with van der Waals surface area (Å²) < 4.78 is 5.27. The van der Waals surface area contributed by atoms with Crippen LogP contribution >= 0.6 is 0 Å². The molecule has 1 aromatic heterocycles. The highest BCUT2D eigenvalue weighted by molar-refractivity contribution is 5.97. The van der Waals surface area contributed by atoms with Crippen LogP contribution in [0.3, 0.4) is 0 Å². The minimum Gasteiger partial charge on any atom is -0.481 e. The van der Waals surface area contributed by atoms with Crippen LogP contribution in [0.4, 0.5) is 10.6 Å². The minimum atomic E-state index is -1.06. The number of carbonyl (C=O) groups is 4. The Morgan fingerprint density at radius 2 is 1.71 bits per heavy atom. The zero-order valence-corrected chi connectivity index (χ0v) is 23.9. The average Bonchev–Trinajstić information content (AvgIpc) is 3.63. The second kappa shape index (κ2) is 13.2. The van der Waals surface area contributed by atoms with Gasteiger partial charge in [0.2, 0.25) is 5.91 Å². The van der Waals surface area contributed by atoms with Gasteiger partial charge in [0.15, 0.2) is 5.82 Å². The molecule has 2 saturated heterocycles. The van der Waals surface area contributed by atoms with Crippen LogP contribution in [-0.2, 0) is 14.3 Å². The number of rotatable bonds is 11. The van der Waals surface area contributed by atoms with E-state index in [1.807, 2.05) is 37.3 Å². The summed E-state index contributed by atoms with van der Waals surface area (Å²) in [6, 6.07) is 9.98. The standard InChI is InChI=1S/C30H38N6O6/c1-2-3-15-42-30(41)35-13-11-34(12-14-35)29(40)23(9-10-26(37)38)32-28(39)24-17-25(36-18-21-16-22(21)19-36)33-27(31-24)20-7-5-4-6-8-20/h4-8,17,21-23H,2-3,9-16,18-19H2,1H3,(H,32,39)(H,37,38)/t21-,22+,23-/m0/s1. The number of hydrogen-bond acceptors (Lipinski definition) is 8. The van der Waals surface area contributed by atoms with Gasteiger partial charge in [-0.3, -0.25) is 14.4 Å². The van der Waals surface area contributed by atoms with Crippen molar-refractivity contribution in [1.82, 2.24) is 25.1 Å². The van der Waals surface area contributed by atoms with Crippen LogP contribution in [0.25, 0.3) is 11.4 Å². The molecule has 0 bridgehead atoms. The van der Waals surface area contributed by atoms with Crippen molar-refractivity contribution in [2.24, 2.45) is 11.8 Å². The van der Waals surface area contributed by atoms with Gasteiger partial charge in [-0.25, -0.2) is 14.8 Å². The molecule has 1 aromatic carbocycles. The molecule has 2 aromatic rings. The first-order valence-corrected chi connectivity index (χ1v) is 14.7. The van der Waals surface area contributed by atoms with Crippen molar-refractivity contribution in [3.05, 3.63) is 42.1 Å². The molecule has 3 fully saturated rings. The summed E-state index contributed by atoms with van der Waals surface area (Å²) in [5.74, 6) is 0.377. The first kappa shape index (κ1) is 29.3. The maximum absolute atomic E-state index is 13.6. The first-order chi connectivity index (χ1) is 20.3. The maximum atomic E-state index is 13.6. The second-order valence-electron chi connectivity index (χ2n) is 11.2. The van der Waals surface area contributed by atoms with Crippen molar-refractivity contribution in [1.29, 1.82) is 0 Å². The van der Waals surface area contributed by atoms with Gasteiger partial charge in [-0.15, -0.1) is 0 Å². The predicted molar refractivity (Wildman–Crippen MR) is 154 cm³/mol. The average molecular weight is 579 g/mol. The molecule has 5 rings (SSSR count). The third-order valence-electron chi connectivity index (χ3n) is 8.10. The summed E-state index contributed by atoms with van der Waals surface area (Å²) in [5.41, 5.74) is 0.884. The molecule has 2 N–H and O–H groups in total. The number of nitrogens with zero attached hydrogens (tertiary/aromatic N) is 5. The van der Waals surface area contributed by atoms with Gasteiger partial charge in [-0.1, -0.05) is 43.7 Å². The zero-order valence-electron chi connectivity index (χ0n) is 23.9. The number of carboxylic acids is 1. The van der Waals surface area contributed by atoms with Gasteiger partial charge in [-0.2, -0.15) is 0 Å². The highest BCUT2D eigenvalue weighted by atomic mass is 16.6. The number of amides is 3. The van der Waals surface area contributed by atoms with Crippen LogP contribution < -0.4 is 10.2 Å². The molecule has 3 amide bonds. The first-order valence-electron chi connectivity index (χ1n) is 14.7.